The lowest BCUT2D eigenvalue weighted by Gasteiger charge is -2.13. The first-order valence-corrected chi connectivity index (χ1v) is 9.29. The zero-order valence-corrected chi connectivity index (χ0v) is 16.0. The van der Waals surface area contributed by atoms with Crippen molar-refractivity contribution in [1.29, 1.82) is 0 Å². The van der Waals surface area contributed by atoms with Crippen molar-refractivity contribution >= 4 is 17.5 Å². The Balaban J connectivity index is 1.66. The lowest BCUT2D eigenvalue weighted by atomic mass is 10.1. The van der Waals surface area contributed by atoms with E-state index in [1.807, 2.05) is 79.0 Å². The van der Waals surface area contributed by atoms with Crippen molar-refractivity contribution < 1.29 is 4.74 Å². The fraction of sp³-hybridized carbons (Fsp3) is 0.0870. The van der Waals surface area contributed by atoms with Crippen LogP contribution in [0, 0.1) is 0 Å². The van der Waals surface area contributed by atoms with Gasteiger partial charge in [-0.2, -0.15) is 4.98 Å². The van der Waals surface area contributed by atoms with Gasteiger partial charge in [0.1, 0.15) is 11.6 Å². The van der Waals surface area contributed by atoms with Crippen molar-refractivity contribution in [2.24, 2.45) is 0 Å². The van der Waals surface area contributed by atoms with Crippen molar-refractivity contribution in [2.75, 3.05) is 17.7 Å². The summed E-state index contributed by atoms with van der Waals surface area (Å²) in [4.78, 5) is 13.5. The molecule has 144 valence electrons. The summed E-state index contributed by atoms with van der Waals surface area (Å²) in [6, 6.07) is 23.6. The van der Waals surface area contributed by atoms with Crippen LogP contribution in [0.5, 0.6) is 5.75 Å². The molecule has 0 amide bonds. The van der Waals surface area contributed by atoms with Crippen LogP contribution in [-0.4, -0.2) is 22.1 Å². The van der Waals surface area contributed by atoms with Gasteiger partial charge in [0.05, 0.1) is 18.5 Å². The molecule has 2 aromatic carbocycles. The molecule has 0 saturated heterocycles. The SMILES string of the molecule is COc1ccccc1Nc1nc(NCc2cccnc2)cc(-c2ccccc2)n1. The summed E-state index contributed by atoms with van der Waals surface area (Å²) < 4.78 is 5.43. The van der Waals surface area contributed by atoms with Gasteiger partial charge in [0.15, 0.2) is 0 Å². The minimum atomic E-state index is 0.490. The number of rotatable bonds is 7. The Morgan fingerprint density at radius 1 is 0.897 bits per heavy atom. The average molecular weight is 383 g/mol. The first kappa shape index (κ1) is 18.4. The zero-order valence-electron chi connectivity index (χ0n) is 16.0. The summed E-state index contributed by atoms with van der Waals surface area (Å²) in [6.45, 7) is 0.618. The van der Waals surface area contributed by atoms with Gasteiger partial charge in [0, 0.05) is 30.6 Å². The van der Waals surface area contributed by atoms with Crippen molar-refractivity contribution in [1.82, 2.24) is 15.0 Å². The van der Waals surface area contributed by atoms with E-state index >= 15 is 0 Å². The third-order valence-electron chi connectivity index (χ3n) is 4.35. The molecule has 2 heterocycles. The zero-order chi connectivity index (χ0) is 19.9. The number of pyridine rings is 1. The fourth-order valence-electron chi connectivity index (χ4n) is 2.91. The second kappa shape index (κ2) is 8.84. The maximum atomic E-state index is 5.43. The maximum Gasteiger partial charge on any atom is 0.229 e. The van der Waals surface area contributed by atoms with E-state index in [9.17, 15) is 0 Å². The van der Waals surface area contributed by atoms with Crippen LogP contribution in [0.4, 0.5) is 17.5 Å². The van der Waals surface area contributed by atoms with Gasteiger partial charge in [0.2, 0.25) is 5.95 Å². The Morgan fingerprint density at radius 3 is 2.52 bits per heavy atom. The van der Waals surface area contributed by atoms with E-state index in [2.05, 4.69) is 20.6 Å². The molecule has 0 aliphatic carbocycles. The Bertz CT molecular complexity index is 1070. The van der Waals surface area contributed by atoms with Gasteiger partial charge in [-0.05, 0) is 23.8 Å². The van der Waals surface area contributed by atoms with Gasteiger partial charge in [-0.25, -0.2) is 4.98 Å². The number of hydrogen-bond acceptors (Lipinski definition) is 6. The summed E-state index contributed by atoms with van der Waals surface area (Å²) in [7, 11) is 1.64. The Morgan fingerprint density at radius 2 is 1.72 bits per heavy atom. The lowest BCUT2D eigenvalue weighted by molar-refractivity contribution is 0.417. The molecule has 6 nitrogen and oxygen atoms in total. The largest absolute Gasteiger partial charge is 0.495 e. The van der Waals surface area contributed by atoms with E-state index in [1.165, 1.54) is 0 Å². The summed E-state index contributed by atoms with van der Waals surface area (Å²) in [5.41, 5.74) is 3.72. The molecule has 2 N–H and O–H groups in total. The molecular weight excluding hydrogens is 362 g/mol. The van der Waals surface area contributed by atoms with Crippen LogP contribution in [0.3, 0.4) is 0 Å². The van der Waals surface area contributed by atoms with E-state index in [0.717, 1.165) is 34.1 Å². The summed E-state index contributed by atoms with van der Waals surface area (Å²) in [5.74, 6) is 1.94. The first-order chi connectivity index (χ1) is 14.3. The van der Waals surface area contributed by atoms with Gasteiger partial charge in [-0.15, -0.1) is 0 Å². The van der Waals surface area contributed by atoms with Gasteiger partial charge in [-0.3, -0.25) is 4.98 Å². The highest BCUT2D eigenvalue weighted by Crippen LogP contribution is 2.28. The van der Waals surface area contributed by atoms with Crippen molar-refractivity contribution in [3.8, 4) is 17.0 Å². The molecule has 0 bridgehead atoms. The molecule has 0 fully saturated rings. The number of ether oxygens (including phenoxy) is 1. The molecule has 29 heavy (non-hydrogen) atoms. The van der Waals surface area contributed by atoms with E-state index in [-0.39, 0.29) is 0 Å². The summed E-state index contributed by atoms with van der Waals surface area (Å²) >= 11 is 0. The molecule has 0 aliphatic heterocycles. The minimum Gasteiger partial charge on any atom is -0.495 e. The van der Waals surface area contributed by atoms with Crippen molar-refractivity contribution in [2.45, 2.75) is 6.54 Å². The van der Waals surface area contributed by atoms with Crippen LogP contribution < -0.4 is 15.4 Å². The molecule has 0 saturated carbocycles. The van der Waals surface area contributed by atoms with Crippen LogP contribution in [-0.2, 0) is 6.54 Å². The first-order valence-electron chi connectivity index (χ1n) is 9.29. The summed E-state index contributed by atoms with van der Waals surface area (Å²) in [5, 5.41) is 6.64. The molecule has 4 rings (SSSR count). The van der Waals surface area contributed by atoms with Crippen LogP contribution in [0.15, 0.2) is 85.2 Å². The molecule has 0 spiro atoms. The lowest BCUT2D eigenvalue weighted by Crippen LogP contribution is -2.06. The number of benzene rings is 2. The van der Waals surface area contributed by atoms with E-state index in [4.69, 9.17) is 9.72 Å². The molecule has 0 radical (unpaired) electrons. The van der Waals surface area contributed by atoms with Crippen molar-refractivity contribution in [3.63, 3.8) is 0 Å². The number of nitrogens with zero attached hydrogens (tertiary/aromatic N) is 3. The molecule has 0 aliphatic rings. The number of nitrogens with one attached hydrogen (secondary N) is 2. The monoisotopic (exact) mass is 383 g/mol. The maximum absolute atomic E-state index is 5.43. The molecular formula is C23H21N5O. The Labute approximate surface area is 169 Å². The smallest absolute Gasteiger partial charge is 0.229 e. The topological polar surface area (TPSA) is 72.0 Å². The number of anilines is 3. The second-order valence-electron chi connectivity index (χ2n) is 6.37. The van der Waals surface area contributed by atoms with Gasteiger partial charge in [0.25, 0.3) is 0 Å². The van der Waals surface area contributed by atoms with Gasteiger partial charge < -0.3 is 15.4 Å². The number of aromatic nitrogens is 3. The quantitative estimate of drug-likeness (QED) is 0.473. The highest BCUT2D eigenvalue weighted by molar-refractivity contribution is 5.68. The van der Waals surface area contributed by atoms with E-state index in [0.29, 0.717) is 12.5 Å². The normalized spacial score (nSPS) is 10.4. The van der Waals surface area contributed by atoms with E-state index < -0.39 is 0 Å². The fourth-order valence-corrected chi connectivity index (χ4v) is 2.91. The molecule has 2 aromatic heterocycles. The third-order valence-corrected chi connectivity index (χ3v) is 4.35. The predicted molar refractivity (Wildman–Crippen MR) is 115 cm³/mol. The van der Waals surface area contributed by atoms with Crippen LogP contribution >= 0.6 is 0 Å². The highest BCUT2D eigenvalue weighted by Gasteiger charge is 2.09. The average Bonchev–Trinajstić information content (AvgIpc) is 2.79. The van der Waals surface area contributed by atoms with E-state index in [1.54, 1.807) is 13.3 Å². The molecule has 4 aromatic rings. The van der Waals surface area contributed by atoms with Crippen LogP contribution in [0.25, 0.3) is 11.3 Å². The molecule has 0 unspecified atom stereocenters. The van der Waals surface area contributed by atoms with Crippen LogP contribution in [0.2, 0.25) is 0 Å². The number of hydrogen-bond donors (Lipinski definition) is 2. The highest BCUT2D eigenvalue weighted by atomic mass is 16.5. The van der Waals surface area contributed by atoms with Gasteiger partial charge >= 0.3 is 0 Å². The standard InChI is InChI=1S/C23H21N5O/c1-29-21-12-6-5-11-19(21)26-23-27-20(18-9-3-2-4-10-18)14-22(28-23)25-16-17-8-7-13-24-15-17/h2-15H,16H2,1H3,(H2,25,26,27,28). The Hall–Kier alpha value is -3.93. The predicted octanol–water partition coefficient (Wildman–Crippen LogP) is 4.90. The summed E-state index contributed by atoms with van der Waals surface area (Å²) in [6.07, 6.45) is 3.59. The van der Waals surface area contributed by atoms with Crippen LogP contribution in [0.1, 0.15) is 5.56 Å². The molecule has 6 heteroatoms. The van der Waals surface area contributed by atoms with Gasteiger partial charge in [-0.1, -0.05) is 48.5 Å². The third kappa shape index (κ3) is 4.68. The second-order valence-corrected chi connectivity index (χ2v) is 6.37. The number of methoxy groups -OCH3 is 1. The van der Waals surface area contributed by atoms with Crippen molar-refractivity contribution in [3.05, 3.63) is 90.8 Å². The molecule has 0 atom stereocenters. The Kier molecular flexibility index (Phi) is 5.62. The number of para-hydroxylation sites is 2. The minimum absolute atomic E-state index is 0.490.